The van der Waals surface area contributed by atoms with Crippen LogP contribution in [0.25, 0.3) is 11.1 Å². The number of alkyl halides is 2. The van der Waals surface area contributed by atoms with Crippen LogP contribution in [0.5, 0.6) is 5.75 Å². The topological polar surface area (TPSA) is 33.0 Å². The van der Waals surface area contributed by atoms with Crippen LogP contribution in [-0.4, -0.2) is 0 Å². The summed E-state index contributed by atoms with van der Waals surface area (Å²) in [6, 6.07) is 6.53. The maximum absolute atomic E-state index is 14.4. The summed E-state index contributed by atoms with van der Waals surface area (Å²) in [5.74, 6) is -8.41. The fraction of sp³-hybridized carbons (Fsp3) is 0.0952. The molecular formula is C21H10F7NO. The summed E-state index contributed by atoms with van der Waals surface area (Å²) in [6.45, 7) is 1.59. The van der Waals surface area contributed by atoms with Gasteiger partial charge in [0.2, 0.25) is 0 Å². The minimum atomic E-state index is -4.68. The molecule has 0 aliphatic rings. The maximum atomic E-state index is 14.4. The molecule has 0 aliphatic heterocycles. The zero-order valence-corrected chi connectivity index (χ0v) is 15.0. The van der Waals surface area contributed by atoms with Crippen LogP contribution >= 0.6 is 0 Å². The van der Waals surface area contributed by atoms with Crippen LogP contribution < -0.4 is 4.74 Å². The average molecular weight is 425 g/mol. The number of rotatable bonds is 4. The predicted molar refractivity (Wildman–Crippen MR) is 92.1 cm³/mol. The van der Waals surface area contributed by atoms with E-state index in [1.807, 2.05) is 0 Å². The average Bonchev–Trinajstić information content (AvgIpc) is 2.60. The van der Waals surface area contributed by atoms with Gasteiger partial charge in [-0.25, -0.2) is 22.0 Å². The SMILES string of the molecule is Cc1ccc(-c2cc(F)c(C(F)(F)Oc3cc(F)c(C#N)c(F)c3)c(F)c2)c(F)c1. The predicted octanol–water partition coefficient (Wildman–Crippen LogP) is 6.36. The van der Waals surface area contributed by atoms with Gasteiger partial charge in [0.1, 0.15) is 52.0 Å². The zero-order chi connectivity index (χ0) is 22.2. The lowest BCUT2D eigenvalue weighted by molar-refractivity contribution is -0.189. The minimum absolute atomic E-state index is 0.217. The van der Waals surface area contributed by atoms with E-state index >= 15 is 0 Å². The molecule has 0 saturated heterocycles. The standard InChI is InChI=1S/C21H10F7NO/c1-10-2-3-13(15(22)4-10)11-5-18(25)20(19(26)6-11)21(27,28)30-12-7-16(23)14(9-29)17(24)8-12/h2-8H,1H3. The van der Waals surface area contributed by atoms with Gasteiger partial charge in [0.15, 0.2) is 0 Å². The molecule has 154 valence electrons. The molecule has 0 aromatic heterocycles. The van der Waals surface area contributed by atoms with Crippen LogP contribution in [0.2, 0.25) is 0 Å². The van der Waals surface area contributed by atoms with Crippen molar-refractivity contribution >= 4 is 0 Å². The molecule has 3 rings (SSSR count). The third-order valence-corrected chi connectivity index (χ3v) is 4.14. The Kier molecular flexibility index (Phi) is 5.44. The maximum Gasteiger partial charge on any atom is 0.432 e. The van der Waals surface area contributed by atoms with E-state index in [-0.39, 0.29) is 23.3 Å². The van der Waals surface area contributed by atoms with Gasteiger partial charge in [-0.2, -0.15) is 14.0 Å². The van der Waals surface area contributed by atoms with Crippen molar-refractivity contribution in [1.82, 2.24) is 0 Å². The van der Waals surface area contributed by atoms with Crippen molar-refractivity contribution in [3.8, 4) is 22.9 Å². The lowest BCUT2D eigenvalue weighted by Gasteiger charge is -2.20. The summed E-state index contributed by atoms with van der Waals surface area (Å²) in [4.78, 5) is 0. The molecule has 0 N–H and O–H groups in total. The highest BCUT2D eigenvalue weighted by atomic mass is 19.3. The van der Waals surface area contributed by atoms with Gasteiger partial charge in [-0.1, -0.05) is 12.1 Å². The lowest BCUT2D eigenvalue weighted by Crippen LogP contribution is -2.25. The smallest absolute Gasteiger partial charge is 0.429 e. The fourth-order valence-electron chi connectivity index (χ4n) is 2.78. The second kappa shape index (κ2) is 7.71. The van der Waals surface area contributed by atoms with Crippen LogP contribution in [0.3, 0.4) is 0 Å². The van der Waals surface area contributed by atoms with E-state index in [0.717, 1.165) is 6.07 Å². The molecule has 0 bridgehead atoms. The van der Waals surface area contributed by atoms with Crippen molar-refractivity contribution in [1.29, 1.82) is 5.26 Å². The number of nitriles is 1. The highest BCUT2D eigenvalue weighted by molar-refractivity contribution is 5.65. The quantitative estimate of drug-likeness (QED) is 0.456. The second-order valence-corrected chi connectivity index (χ2v) is 6.29. The van der Waals surface area contributed by atoms with Crippen LogP contribution in [-0.2, 0) is 6.11 Å². The molecule has 0 heterocycles. The zero-order valence-electron chi connectivity index (χ0n) is 15.0. The monoisotopic (exact) mass is 425 g/mol. The largest absolute Gasteiger partial charge is 0.432 e. The number of halogens is 7. The number of aryl methyl sites for hydroxylation is 1. The van der Waals surface area contributed by atoms with Crippen molar-refractivity contribution in [2.24, 2.45) is 0 Å². The first-order valence-corrected chi connectivity index (χ1v) is 8.25. The van der Waals surface area contributed by atoms with Crippen molar-refractivity contribution in [2.45, 2.75) is 13.0 Å². The Bertz CT molecular complexity index is 1140. The molecule has 3 aromatic rings. The third-order valence-electron chi connectivity index (χ3n) is 4.14. The first-order valence-electron chi connectivity index (χ1n) is 8.25. The van der Waals surface area contributed by atoms with E-state index in [2.05, 4.69) is 4.74 Å². The highest BCUT2D eigenvalue weighted by Crippen LogP contribution is 2.38. The van der Waals surface area contributed by atoms with Crippen molar-refractivity contribution in [3.63, 3.8) is 0 Å². The van der Waals surface area contributed by atoms with E-state index in [9.17, 15) is 30.7 Å². The van der Waals surface area contributed by atoms with Gasteiger partial charge < -0.3 is 4.74 Å². The summed E-state index contributed by atoms with van der Waals surface area (Å²) in [7, 11) is 0. The van der Waals surface area contributed by atoms with Crippen LogP contribution in [0, 0.1) is 47.3 Å². The van der Waals surface area contributed by atoms with Gasteiger partial charge in [0.25, 0.3) is 0 Å². The molecule has 0 radical (unpaired) electrons. The molecule has 3 aromatic carbocycles. The molecule has 0 saturated carbocycles. The van der Waals surface area contributed by atoms with Crippen LogP contribution in [0.15, 0.2) is 42.5 Å². The number of hydrogen-bond acceptors (Lipinski definition) is 2. The van der Waals surface area contributed by atoms with E-state index in [4.69, 9.17) is 5.26 Å². The molecule has 9 heteroatoms. The molecule has 2 nitrogen and oxygen atoms in total. The van der Waals surface area contributed by atoms with Gasteiger partial charge in [0.05, 0.1) is 0 Å². The van der Waals surface area contributed by atoms with Gasteiger partial charge >= 0.3 is 6.11 Å². The molecule has 0 unspecified atom stereocenters. The molecule has 0 aliphatic carbocycles. The molecule has 0 amide bonds. The van der Waals surface area contributed by atoms with Gasteiger partial charge in [-0.15, -0.1) is 0 Å². The summed E-state index contributed by atoms with van der Waals surface area (Å²) >= 11 is 0. The fourth-order valence-corrected chi connectivity index (χ4v) is 2.78. The Hall–Kier alpha value is -3.54. The van der Waals surface area contributed by atoms with Gasteiger partial charge in [0, 0.05) is 17.7 Å². The first kappa shape index (κ1) is 21.2. The Labute approximate surface area is 165 Å². The summed E-state index contributed by atoms with van der Waals surface area (Å²) < 4.78 is 103. The summed E-state index contributed by atoms with van der Waals surface area (Å²) in [6.07, 6.45) is -4.68. The van der Waals surface area contributed by atoms with Crippen molar-refractivity contribution < 1.29 is 35.5 Å². The lowest BCUT2D eigenvalue weighted by atomic mass is 10.0. The molecule has 30 heavy (non-hydrogen) atoms. The molecule has 0 atom stereocenters. The Balaban J connectivity index is 2.02. The molecular weight excluding hydrogens is 415 g/mol. The van der Waals surface area contributed by atoms with Crippen molar-refractivity contribution in [2.75, 3.05) is 0 Å². The highest BCUT2D eigenvalue weighted by Gasteiger charge is 2.41. The minimum Gasteiger partial charge on any atom is -0.429 e. The number of benzene rings is 3. The third kappa shape index (κ3) is 3.94. The Morgan fingerprint density at radius 1 is 0.800 bits per heavy atom. The normalized spacial score (nSPS) is 11.3. The number of ether oxygens (including phenoxy) is 1. The first-order chi connectivity index (χ1) is 14.0. The Morgan fingerprint density at radius 3 is 1.87 bits per heavy atom. The van der Waals surface area contributed by atoms with E-state index < -0.39 is 52.1 Å². The van der Waals surface area contributed by atoms with Crippen LogP contribution in [0.1, 0.15) is 16.7 Å². The molecule has 0 spiro atoms. The van der Waals surface area contributed by atoms with E-state index in [1.54, 1.807) is 6.92 Å². The second-order valence-electron chi connectivity index (χ2n) is 6.29. The van der Waals surface area contributed by atoms with Gasteiger partial charge in [-0.3, -0.25) is 0 Å². The molecule has 0 fully saturated rings. The summed E-state index contributed by atoms with van der Waals surface area (Å²) in [5, 5.41) is 8.58. The number of hydrogen-bond donors (Lipinski definition) is 0. The number of nitrogens with zero attached hydrogens (tertiary/aromatic N) is 1. The summed E-state index contributed by atoms with van der Waals surface area (Å²) in [5.41, 5.74) is -2.88. The van der Waals surface area contributed by atoms with Crippen molar-refractivity contribution in [3.05, 3.63) is 88.2 Å². The van der Waals surface area contributed by atoms with E-state index in [1.165, 1.54) is 18.2 Å². The van der Waals surface area contributed by atoms with E-state index in [0.29, 0.717) is 17.7 Å². The van der Waals surface area contributed by atoms with Crippen LogP contribution in [0.4, 0.5) is 30.7 Å². The van der Waals surface area contributed by atoms with Gasteiger partial charge in [-0.05, 0) is 36.2 Å². The Morgan fingerprint density at radius 2 is 1.37 bits per heavy atom.